The molecule has 6 heteroatoms. The Bertz CT molecular complexity index is 1290. The van der Waals surface area contributed by atoms with Crippen molar-refractivity contribution in [2.45, 2.75) is 12.5 Å². The third kappa shape index (κ3) is 4.16. The lowest BCUT2D eigenvalue weighted by atomic mass is 9.92. The van der Waals surface area contributed by atoms with Gasteiger partial charge in [0.1, 0.15) is 6.04 Å². The lowest BCUT2D eigenvalue weighted by Gasteiger charge is -2.18. The average molecular weight is 427 g/mol. The smallest absolute Gasteiger partial charge is 0.337 e. The first-order valence-corrected chi connectivity index (χ1v) is 10.1. The SMILES string of the molecule is COC(=O)c1cccc(C(=O)N[C@@H](Cc2c3ccccc3cc3ccccc23)C(=O)O)c1. The Morgan fingerprint density at radius 3 is 2.03 bits per heavy atom. The van der Waals surface area contributed by atoms with Crippen LogP contribution in [0, 0.1) is 0 Å². The molecule has 32 heavy (non-hydrogen) atoms. The molecule has 4 aromatic rings. The van der Waals surface area contributed by atoms with Gasteiger partial charge >= 0.3 is 11.9 Å². The van der Waals surface area contributed by atoms with E-state index < -0.39 is 23.9 Å². The highest BCUT2D eigenvalue weighted by Crippen LogP contribution is 2.29. The minimum absolute atomic E-state index is 0.111. The summed E-state index contributed by atoms with van der Waals surface area (Å²) in [5.41, 5.74) is 1.25. The van der Waals surface area contributed by atoms with Crippen molar-refractivity contribution in [2.75, 3.05) is 7.11 Å². The van der Waals surface area contributed by atoms with Crippen molar-refractivity contribution in [3.05, 3.63) is 95.6 Å². The fraction of sp³-hybridized carbons (Fsp3) is 0.115. The number of carboxylic acids is 1. The second-order valence-electron chi connectivity index (χ2n) is 7.44. The van der Waals surface area contributed by atoms with Crippen LogP contribution in [0.25, 0.3) is 21.5 Å². The Balaban J connectivity index is 1.69. The molecule has 160 valence electrons. The molecule has 4 aromatic carbocycles. The van der Waals surface area contributed by atoms with Gasteiger partial charge in [0.15, 0.2) is 0 Å². The molecule has 0 aromatic heterocycles. The van der Waals surface area contributed by atoms with Crippen LogP contribution < -0.4 is 5.32 Å². The summed E-state index contributed by atoms with van der Waals surface area (Å²) >= 11 is 0. The van der Waals surface area contributed by atoms with E-state index in [1.165, 1.54) is 25.3 Å². The minimum Gasteiger partial charge on any atom is -0.480 e. The first kappa shape index (κ1) is 21.1. The highest BCUT2D eigenvalue weighted by molar-refractivity contribution is 6.03. The zero-order chi connectivity index (χ0) is 22.7. The predicted molar refractivity (Wildman–Crippen MR) is 122 cm³/mol. The van der Waals surface area contributed by atoms with Crippen molar-refractivity contribution < 1.29 is 24.2 Å². The summed E-state index contributed by atoms with van der Waals surface area (Å²) in [6, 6.07) is 22.5. The third-order valence-corrected chi connectivity index (χ3v) is 5.44. The molecule has 0 aliphatic carbocycles. The average Bonchev–Trinajstić information content (AvgIpc) is 2.82. The number of carbonyl (C=O) groups is 3. The number of ether oxygens (including phenoxy) is 1. The number of fused-ring (bicyclic) bond motifs is 2. The molecule has 2 N–H and O–H groups in total. The highest BCUT2D eigenvalue weighted by atomic mass is 16.5. The van der Waals surface area contributed by atoms with E-state index in [1.54, 1.807) is 6.07 Å². The standard InChI is InChI=1S/C26H21NO5/c1-32-26(31)19-10-6-9-18(14-19)24(28)27-23(25(29)30)15-22-20-11-4-2-7-16(20)13-17-8-3-5-12-21(17)22/h2-14,23H,15H2,1H3,(H,27,28)(H,29,30)/t23-/m0/s1. The summed E-state index contributed by atoms with van der Waals surface area (Å²) in [5.74, 6) is -2.29. The van der Waals surface area contributed by atoms with Crippen molar-refractivity contribution in [2.24, 2.45) is 0 Å². The molecule has 0 aliphatic heterocycles. The fourth-order valence-electron chi connectivity index (χ4n) is 3.88. The minimum atomic E-state index is -1.15. The van der Waals surface area contributed by atoms with Gasteiger partial charge in [-0.2, -0.15) is 0 Å². The second kappa shape index (κ2) is 8.89. The molecule has 0 unspecified atom stereocenters. The summed E-state index contributed by atoms with van der Waals surface area (Å²) in [7, 11) is 1.25. The van der Waals surface area contributed by atoms with Crippen LogP contribution in [0.5, 0.6) is 0 Å². The fourth-order valence-corrected chi connectivity index (χ4v) is 3.88. The molecular weight excluding hydrogens is 406 g/mol. The third-order valence-electron chi connectivity index (χ3n) is 5.44. The first-order chi connectivity index (χ1) is 15.5. The summed E-state index contributed by atoms with van der Waals surface area (Å²) in [6.07, 6.45) is 0.111. The number of nitrogens with one attached hydrogen (secondary N) is 1. The van der Waals surface area contributed by atoms with Gasteiger partial charge in [-0.05, 0) is 51.4 Å². The van der Waals surface area contributed by atoms with E-state index in [9.17, 15) is 19.5 Å². The maximum absolute atomic E-state index is 12.8. The van der Waals surface area contributed by atoms with Gasteiger partial charge in [-0.15, -0.1) is 0 Å². The van der Waals surface area contributed by atoms with Crippen molar-refractivity contribution in [1.82, 2.24) is 5.32 Å². The Morgan fingerprint density at radius 1 is 0.844 bits per heavy atom. The maximum Gasteiger partial charge on any atom is 0.337 e. The molecule has 1 amide bonds. The molecule has 0 fully saturated rings. The van der Waals surface area contributed by atoms with Crippen LogP contribution in [0.1, 0.15) is 26.3 Å². The first-order valence-electron chi connectivity index (χ1n) is 10.1. The largest absolute Gasteiger partial charge is 0.480 e. The lowest BCUT2D eigenvalue weighted by molar-refractivity contribution is -0.139. The van der Waals surface area contributed by atoms with E-state index in [4.69, 9.17) is 0 Å². The topological polar surface area (TPSA) is 92.7 Å². The molecule has 0 heterocycles. The molecule has 1 atom stereocenters. The molecule has 0 radical (unpaired) electrons. The number of aliphatic carboxylic acids is 1. The van der Waals surface area contributed by atoms with Gasteiger partial charge in [0.25, 0.3) is 5.91 Å². The Kier molecular flexibility index (Phi) is 5.85. The number of carboxylic acid groups (broad SMARTS) is 1. The molecule has 0 aliphatic rings. The van der Waals surface area contributed by atoms with Crippen LogP contribution in [0.2, 0.25) is 0 Å². The number of carbonyl (C=O) groups excluding carboxylic acids is 2. The number of hydrogen-bond donors (Lipinski definition) is 2. The molecule has 0 spiro atoms. The quantitative estimate of drug-likeness (QED) is 0.355. The molecule has 0 bridgehead atoms. The molecule has 4 rings (SSSR count). The number of amides is 1. The molecule has 6 nitrogen and oxygen atoms in total. The van der Waals surface area contributed by atoms with Gasteiger partial charge in [0.05, 0.1) is 12.7 Å². The van der Waals surface area contributed by atoms with Crippen molar-refractivity contribution >= 4 is 39.4 Å². The predicted octanol–water partition coefficient (Wildman–Crippen LogP) is 4.21. The van der Waals surface area contributed by atoms with Crippen LogP contribution in [-0.4, -0.2) is 36.1 Å². The van der Waals surface area contributed by atoms with Crippen LogP contribution in [-0.2, 0) is 16.0 Å². The lowest BCUT2D eigenvalue weighted by Crippen LogP contribution is -2.42. The van der Waals surface area contributed by atoms with Crippen LogP contribution in [0.3, 0.4) is 0 Å². The number of hydrogen-bond acceptors (Lipinski definition) is 4. The Hall–Kier alpha value is -4.19. The maximum atomic E-state index is 12.8. The van der Waals surface area contributed by atoms with Gasteiger partial charge in [-0.25, -0.2) is 9.59 Å². The number of methoxy groups -OCH3 is 1. The number of rotatable bonds is 6. The van der Waals surface area contributed by atoms with Crippen LogP contribution in [0.4, 0.5) is 0 Å². The monoisotopic (exact) mass is 427 g/mol. The molecular formula is C26H21NO5. The van der Waals surface area contributed by atoms with Crippen molar-refractivity contribution in [1.29, 1.82) is 0 Å². The summed E-state index contributed by atoms with van der Waals surface area (Å²) in [5, 5.41) is 16.4. The van der Waals surface area contributed by atoms with Gasteiger partial charge in [0, 0.05) is 12.0 Å². The highest BCUT2D eigenvalue weighted by Gasteiger charge is 2.23. The van der Waals surface area contributed by atoms with E-state index >= 15 is 0 Å². The molecule has 0 saturated carbocycles. The van der Waals surface area contributed by atoms with E-state index in [-0.39, 0.29) is 17.5 Å². The number of benzene rings is 4. The van der Waals surface area contributed by atoms with Crippen LogP contribution >= 0.6 is 0 Å². The Morgan fingerprint density at radius 2 is 1.44 bits per heavy atom. The van der Waals surface area contributed by atoms with Crippen molar-refractivity contribution in [3.8, 4) is 0 Å². The van der Waals surface area contributed by atoms with Gasteiger partial charge < -0.3 is 15.2 Å². The molecule has 0 saturated heterocycles. The van der Waals surface area contributed by atoms with E-state index in [0.717, 1.165) is 27.1 Å². The normalized spacial score (nSPS) is 11.8. The van der Waals surface area contributed by atoms with Gasteiger partial charge in [0.2, 0.25) is 0 Å². The zero-order valence-electron chi connectivity index (χ0n) is 17.4. The summed E-state index contributed by atoms with van der Waals surface area (Å²) in [4.78, 5) is 36.6. The summed E-state index contributed by atoms with van der Waals surface area (Å²) in [6.45, 7) is 0. The van der Waals surface area contributed by atoms with E-state index in [0.29, 0.717) is 0 Å². The van der Waals surface area contributed by atoms with Crippen molar-refractivity contribution in [3.63, 3.8) is 0 Å². The van der Waals surface area contributed by atoms with Gasteiger partial charge in [-0.1, -0.05) is 54.6 Å². The number of esters is 1. The van der Waals surface area contributed by atoms with E-state index in [1.807, 2.05) is 48.5 Å². The van der Waals surface area contributed by atoms with E-state index in [2.05, 4.69) is 16.1 Å². The second-order valence-corrected chi connectivity index (χ2v) is 7.44. The Labute approximate surface area is 184 Å². The van der Waals surface area contributed by atoms with Gasteiger partial charge in [-0.3, -0.25) is 4.79 Å². The zero-order valence-corrected chi connectivity index (χ0v) is 17.4. The summed E-state index contributed by atoms with van der Waals surface area (Å²) < 4.78 is 4.69. The van der Waals surface area contributed by atoms with Crippen LogP contribution in [0.15, 0.2) is 78.9 Å².